The van der Waals surface area contributed by atoms with Gasteiger partial charge in [-0.3, -0.25) is 4.79 Å². The quantitative estimate of drug-likeness (QED) is 0.921. The minimum absolute atomic E-state index is 0.0432. The first-order valence-corrected chi connectivity index (χ1v) is 6.11. The van der Waals surface area contributed by atoms with E-state index in [1.54, 1.807) is 6.07 Å². The van der Waals surface area contributed by atoms with E-state index in [0.717, 1.165) is 0 Å². The average molecular weight is 289 g/mol. The molecule has 2 rings (SSSR count). The molecule has 1 amide bonds. The van der Waals surface area contributed by atoms with E-state index in [4.69, 9.17) is 5.11 Å². The molecule has 1 aliphatic heterocycles. The maximum absolute atomic E-state index is 12.3. The number of nitrogens with zero attached hydrogens (tertiary/aromatic N) is 1. The number of rotatable bonds is 4. The van der Waals surface area contributed by atoms with Crippen molar-refractivity contribution in [2.24, 2.45) is 5.92 Å². The number of carbonyl (C=O) groups excluding carboxylic acids is 1. The summed E-state index contributed by atoms with van der Waals surface area (Å²) in [6.45, 7) is 0.278. The summed E-state index contributed by atoms with van der Waals surface area (Å²) in [6, 6.07) is 5.73. The lowest BCUT2D eigenvalue weighted by atomic mass is 10.1. The van der Waals surface area contributed by atoms with E-state index >= 15 is 0 Å². The van der Waals surface area contributed by atoms with E-state index in [1.165, 1.54) is 23.1 Å². The van der Waals surface area contributed by atoms with E-state index in [0.29, 0.717) is 6.54 Å². The van der Waals surface area contributed by atoms with Gasteiger partial charge in [-0.1, -0.05) is 18.2 Å². The molecule has 1 heterocycles. The molecular formula is C13H14F3NO3. The van der Waals surface area contributed by atoms with Crippen LogP contribution in [-0.2, 0) is 11.3 Å². The van der Waals surface area contributed by atoms with Crippen molar-refractivity contribution in [1.29, 1.82) is 0 Å². The van der Waals surface area contributed by atoms with Crippen molar-refractivity contribution < 1.29 is 27.8 Å². The molecule has 4 nitrogen and oxygen atoms in total. The van der Waals surface area contributed by atoms with Crippen LogP contribution in [0, 0.1) is 5.92 Å². The Kier molecular flexibility index (Phi) is 4.17. The van der Waals surface area contributed by atoms with Crippen molar-refractivity contribution in [2.45, 2.75) is 19.3 Å². The molecule has 0 aliphatic carbocycles. The Balaban J connectivity index is 2.12. The van der Waals surface area contributed by atoms with Gasteiger partial charge in [0.05, 0.1) is 0 Å². The average Bonchev–Trinajstić information content (AvgIpc) is 2.71. The molecule has 1 aromatic carbocycles. The van der Waals surface area contributed by atoms with Crippen LogP contribution in [0.15, 0.2) is 24.3 Å². The number of para-hydroxylation sites is 1. The highest BCUT2D eigenvalue weighted by Gasteiger charge is 2.33. The van der Waals surface area contributed by atoms with Gasteiger partial charge in [0.15, 0.2) is 0 Å². The first-order valence-electron chi connectivity index (χ1n) is 6.11. The van der Waals surface area contributed by atoms with Crippen LogP contribution in [0.25, 0.3) is 0 Å². The van der Waals surface area contributed by atoms with Crippen molar-refractivity contribution in [1.82, 2.24) is 4.90 Å². The molecule has 1 aromatic rings. The summed E-state index contributed by atoms with van der Waals surface area (Å²) in [5.74, 6) is -0.635. The fraction of sp³-hybridized carbons (Fsp3) is 0.462. The second-order valence-electron chi connectivity index (χ2n) is 4.68. The SMILES string of the molecule is O=C1CC(CO)CN1Cc1ccccc1OC(F)(F)F. The minimum atomic E-state index is -4.77. The number of ether oxygens (including phenoxy) is 1. The summed E-state index contributed by atoms with van der Waals surface area (Å²) in [6.07, 6.45) is -4.54. The normalized spacial score (nSPS) is 19.5. The molecule has 1 N–H and O–H groups in total. The van der Waals surface area contributed by atoms with E-state index in [-0.39, 0.29) is 42.7 Å². The highest BCUT2D eigenvalue weighted by Crippen LogP contribution is 2.28. The van der Waals surface area contributed by atoms with Gasteiger partial charge in [-0.15, -0.1) is 13.2 Å². The van der Waals surface area contributed by atoms with Gasteiger partial charge in [0, 0.05) is 37.6 Å². The molecule has 7 heteroatoms. The Morgan fingerprint density at radius 3 is 2.65 bits per heavy atom. The van der Waals surface area contributed by atoms with Crippen molar-refractivity contribution in [3.63, 3.8) is 0 Å². The minimum Gasteiger partial charge on any atom is -0.405 e. The number of hydrogen-bond donors (Lipinski definition) is 1. The molecule has 0 saturated carbocycles. The molecule has 20 heavy (non-hydrogen) atoms. The van der Waals surface area contributed by atoms with Gasteiger partial charge in [-0.05, 0) is 6.07 Å². The molecule has 1 atom stereocenters. The molecule has 1 unspecified atom stereocenters. The summed E-state index contributed by atoms with van der Waals surface area (Å²) < 4.78 is 40.8. The second-order valence-corrected chi connectivity index (χ2v) is 4.68. The third-order valence-corrected chi connectivity index (χ3v) is 3.11. The van der Waals surface area contributed by atoms with E-state index in [9.17, 15) is 18.0 Å². The third-order valence-electron chi connectivity index (χ3n) is 3.11. The number of halogens is 3. The number of likely N-dealkylation sites (tertiary alicyclic amines) is 1. The molecule has 1 saturated heterocycles. The molecule has 0 aromatic heterocycles. The van der Waals surface area contributed by atoms with Crippen molar-refractivity contribution in [2.75, 3.05) is 13.2 Å². The van der Waals surface area contributed by atoms with Gasteiger partial charge < -0.3 is 14.7 Å². The molecule has 0 radical (unpaired) electrons. The Bertz CT molecular complexity index is 490. The monoisotopic (exact) mass is 289 g/mol. The van der Waals surface area contributed by atoms with Crippen LogP contribution in [0.4, 0.5) is 13.2 Å². The lowest BCUT2D eigenvalue weighted by Gasteiger charge is -2.19. The highest BCUT2D eigenvalue weighted by atomic mass is 19.4. The Morgan fingerprint density at radius 1 is 1.35 bits per heavy atom. The zero-order valence-corrected chi connectivity index (χ0v) is 10.6. The summed E-state index contributed by atoms with van der Waals surface area (Å²) in [5.41, 5.74) is 0.289. The standard InChI is InChI=1S/C13H14F3NO3/c14-13(15,16)20-11-4-2-1-3-10(11)7-17-6-9(8-18)5-12(17)19/h1-4,9,18H,5-8H2. The zero-order chi connectivity index (χ0) is 14.8. The molecule has 0 bridgehead atoms. The fourth-order valence-corrected chi connectivity index (χ4v) is 2.19. The Labute approximate surface area is 113 Å². The van der Waals surface area contributed by atoms with Gasteiger partial charge in [0.2, 0.25) is 5.91 Å². The van der Waals surface area contributed by atoms with Crippen molar-refractivity contribution in [3.05, 3.63) is 29.8 Å². The predicted molar refractivity (Wildman–Crippen MR) is 63.7 cm³/mol. The van der Waals surface area contributed by atoms with Crippen LogP contribution in [0.3, 0.4) is 0 Å². The maximum Gasteiger partial charge on any atom is 0.573 e. The third kappa shape index (κ3) is 3.63. The first kappa shape index (κ1) is 14.6. The van der Waals surface area contributed by atoms with Crippen LogP contribution >= 0.6 is 0 Å². The summed E-state index contributed by atoms with van der Waals surface area (Å²) >= 11 is 0. The number of aliphatic hydroxyl groups is 1. The summed E-state index contributed by atoms with van der Waals surface area (Å²) in [7, 11) is 0. The van der Waals surface area contributed by atoms with Crippen LogP contribution < -0.4 is 4.74 Å². The molecular weight excluding hydrogens is 275 g/mol. The summed E-state index contributed by atoms with van der Waals surface area (Å²) in [5, 5.41) is 9.02. The number of amides is 1. The van der Waals surface area contributed by atoms with E-state index in [1.807, 2.05) is 0 Å². The number of hydrogen-bond acceptors (Lipinski definition) is 3. The second kappa shape index (κ2) is 5.70. The maximum atomic E-state index is 12.3. The fourth-order valence-electron chi connectivity index (χ4n) is 2.19. The lowest BCUT2D eigenvalue weighted by molar-refractivity contribution is -0.275. The number of alkyl halides is 3. The van der Waals surface area contributed by atoms with Gasteiger partial charge >= 0.3 is 6.36 Å². The summed E-state index contributed by atoms with van der Waals surface area (Å²) in [4.78, 5) is 13.1. The molecule has 1 fully saturated rings. The van der Waals surface area contributed by atoms with Crippen LogP contribution in [-0.4, -0.2) is 35.4 Å². The first-order chi connectivity index (χ1) is 9.39. The highest BCUT2D eigenvalue weighted by molar-refractivity contribution is 5.78. The topological polar surface area (TPSA) is 49.8 Å². The van der Waals surface area contributed by atoms with Gasteiger partial charge in [0.1, 0.15) is 5.75 Å². The van der Waals surface area contributed by atoms with E-state index in [2.05, 4.69) is 4.74 Å². The molecule has 0 spiro atoms. The molecule has 110 valence electrons. The van der Waals surface area contributed by atoms with Gasteiger partial charge in [0.25, 0.3) is 0 Å². The van der Waals surface area contributed by atoms with Crippen LogP contribution in [0.1, 0.15) is 12.0 Å². The van der Waals surface area contributed by atoms with Gasteiger partial charge in [-0.25, -0.2) is 0 Å². The predicted octanol–water partition coefficient (Wildman–Crippen LogP) is 1.93. The van der Waals surface area contributed by atoms with Crippen molar-refractivity contribution >= 4 is 5.91 Å². The van der Waals surface area contributed by atoms with Crippen LogP contribution in [0.5, 0.6) is 5.75 Å². The Hall–Kier alpha value is -1.76. The molecule has 1 aliphatic rings. The van der Waals surface area contributed by atoms with Crippen LogP contribution in [0.2, 0.25) is 0 Å². The number of carbonyl (C=O) groups is 1. The largest absolute Gasteiger partial charge is 0.573 e. The van der Waals surface area contributed by atoms with E-state index < -0.39 is 6.36 Å². The van der Waals surface area contributed by atoms with Crippen molar-refractivity contribution in [3.8, 4) is 5.75 Å². The lowest BCUT2D eigenvalue weighted by Crippen LogP contribution is -2.26. The van der Waals surface area contributed by atoms with Gasteiger partial charge in [-0.2, -0.15) is 0 Å². The number of benzene rings is 1. The number of aliphatic hydroxyl groups excluding tert-OH is 1. The smallest absolute Gasteiger partial charge is 0.405 e. The zero-order valence-electron chi connectivity index (χ0n) is 10.6. The Morgan fingerprint density at radius 2 is 2.05 bits per heavy atom.